The number of ether oxygens (including phenoxy) is 2. The van der Waals surface area contributed by atoms with Crippen LogP contribution in [-0.2, 0) is 4.79 Å². The van der Waals surface area contributed by atoms with Gasteiger partial charge in [0.05, 0.1) is 6.61 Å². The lowest BCUT2D eigenvalue weighted by Gasteiger charge is -2.15. The molecule has 0 saturated carbocycles. The number of nitrogens with zero attached hydrogens (tertiary/aromatic N) is 1. The van der Waals surface area contributed by atoms with Gasteiger partial charge in [0.2, 0.25) is 0 Å². The predicted molar refractivity (Wildman–Crippen MR) is 101 cm³/mol. The number of carbonyl (C=O) groups excluding carboxylic acids is 1. The van der Waals surface area contributed by atoms with Crippen molar-refractivity contribution < 1.29 is 23.0 Å². The minimum Gasteiger partial charge on any atom is -0.491 e. The molecule has 3 rings (SSSR count). The van der Waals surface area contributed by atoms with E-state index in [0.717, 1.165) is 23.0 Å². The van der Waals surface area contributed by atoms with Crippen LogP contribution in [0.4, 0.5) is 8.78 Å². The zero-order valence-corrected chi connectivity index (χ0v) is 15.3. The van der Waals surface area contributed by atoms with Crippen molar-refractivity contribution in [3.8, 4) is 11.5 Å². The third-order valence-corrected chi connectivity index (χ3v) is 4.05. The number of pyridine rings is 1. The molecular formula is C21H20F2N2O3. The Labute approximate surface area is 161 Å². The first-order chi connectivity index (χ1) is 13.5. The third kappa shape index (κ3) is 4.94. The average molecular weight is 386 g/mol. The van der Waals surface area contributed by atoms with Gasteiger partial charge in [-0.25, -0.2) is 8.78 Å². The van der Waals surface area contributed by atoms with Gasteiger partial charge in [-0.1, -0.05) is 18.2 Å². The van der Waals surface area contributed by atoms with Crippen LogP contribution >= 0.6 is 0 Å². The van der Waals surface area contributed by atoms with Crippen LogP contribution in [0.2, 0.25) is 0 Å². The van der Waals surface area contributed by atoms with Crippen LogP contribution < -0.4 is 14.8 Å². The quantitative estimate of drug-likeness (QED) is 0.597. The number of para-hydroxylation sites is 1. The van der Waals surface area contributed by atoms with E-state index in [4.69, 9.17) is 9.47 Å². The number of hydrogen-bond donors (Lipinski definition) is 1. The lowest BCUT2D eigenvalue weighted by Crippen LogP contribution is -2.37. The highest BCUT2D eigenvalue weighted by Crippen LogP contribution is 2.23. The van der Waals surface area contributed by atoms with E-state index < -0.39 is 17.7 Å². The molecule has 5 nitrogen and oxygen atoms in total. The maximum Gasteiger partial charge on any atom is 0.260 e. The van der Waals surface area contributed by atoms with Gasteiger partial charge < -0.3 is 14.8 Å². The smallest absolute Gasteiger partial charge is 0.260 e. The Bertz CT molecular complexity index is 960. The SMILES string of the molecule is CC(Oc1ccc(F)c(F)c1)C(=O)NCCCOc1cccc2cccnc12. The molecule has 1 atom stereocenters. The van der Waals surface area contributed by atoms with Gasteiger partial charge >= 0.3 is 0 Å². The van der Waals surface area contributed by atoms with Crippen molar-refractivity contribution in [2.75, 3.05) is 13.2 Å². The van der Waals surface area contributed by atoms with E-state index in [-0.39, 0.29) is 11.7 Å². The average Bonchev–Trinajstić information content (AvgIpc) is 2.70. The molecule has 0 aliphatic carbocycles. The van der Waals surface area contributed by atoms with Gasteiger partial charge in [-0.05, 0) is 37.6 Å². The summed E-state index contributed by atoms with van der Waals surface area (Å²) in [6.07, 6.45) is 1.46. The largest absolute Gasteiger partial charge is 0.491 e. The van der Waals surface area contributed by atoms with E-state index in [1.807, 2.05) is 30.3 Å². The second kappa shape index (κ2) is 9.12. The molecule has 0 spiro atoms. The number of hydrogen-bond acceptors (Lipinski definition) is 4. The van der Waals surface area contributed by atoms with Crippen molar-refractivity contribution in [3.63, 3.8) is 0 Å². The zero-order chi connectivity index (χ0) is 19.9. The minimum atomic E-state index is -1.02. The molecule has 7 heteroatoms. The topological polar surface area (TPSA) is 60.5 Å². The van der Waals surface area contributed by atoms with E-state index in [9.17, 15) is 13.6 Å². The summed E-state index contributed by atoms with van der Waals surface area (Å²) in [6.45, 7) is 2.34. The maximum absolute atomic E-state index is 13.2. The normalized spacial score (nSPS) is 11.8. The summed E-state index contributed by atoms with van der Waals surface area (Å²) in [4.78, 5) is 16.4. The molecular weight excluding hydrogens is 366 g/mol. The van der Waals surface area contributed by atoms with Gasteiger partial charge in [0.1, 0.15) is 17.0 Å². The second-order valence-corrected chi connectivity index (χ2v) is 6.16. The molecule has 1 amide bonds. The lowest BCUT2D eigenvalue weighted by atomic mass is 10.2. The molecule has 0 radical (unpaired) electrons. The van der Waals surface area contributed by atoms with E-state index in [2.05, 4.69) is 10.3 Å². The first kappa shape index (κ1) is 19.5. The number of amides is 1. The van der Waals surface area contributed by atoms with Gasteiger partial charge in [-0.15, -0.1) is 0 Å². The fraction of sp³-hybridized carbons (Fsp3) is 0.238. The van der Waals surface area contributed by atoms with Gasteiger partial charge in [-0.3, -0.25) is 9.78 Å². The highest BCUT2D eigenvalue weighted by molar-refractivity contribution is 5.84. The fourth-order valence-electron chi connectivity index (χ4n) is 2.61. The molecule has 2 aromatic carbocycles. The summed E-state index contributed by atoms with van der Waals surface area (Å²) in [5.41, 5.74) is 0.794. The summed E-state index contributed by atoms with van der Waals surface area (Å²) in [5.74, 6) is -1.56. The van der Waals surface area contributed by atoms with Crippen molar-refractivity contribution in [3.05, 3.63) is 66.4 Å². The molecule has 28 heavy (non-hydrogen) atoms. The number of benzene rings is 2. The number of nitrogens with one attached hydrogen (secondary N) is 1. The number of fused-ring (bicyclic) bond motifs is 1. The molecule has 1 N–H and O–H groups in total. The highest BCUT2D eigenvalue weighted by atomic mass is 19.2. The minimum absolute atomic E-state index is 0.0911. The Balaban J connectivity index is 1.42. The number of aromatic nitrogens is 1. The first-order valence-electron chi connectivity index (χ1n) is 8.90. The summed E-state index contributed by atoms with van der Waals surface area (Å²) >= 11 is 0. The Morgan fingerprint density at radius 1 is 1.14 bits per heavy atom. The molecule has 0 aliphatic rings. The summed E-state index contributed by atoms with van der Waals surface area (Å²) in [6, 6.07) is 12.7. The molecule has 1 aromatic heterocycles. The van der Waals surface area contributed by atoms with Gasteiger partial charge in [0.25, 0.3) is 5.91 Å². The molecule has 0 saturated heterocycles. The van der Waals surface area contributed by atoms with Crippen LogP contribution in [0.15, 0.2) is 54.7 Å². The molecule has 1 heterocycles. The molecule has 0 fully saturated rings. The van der Waals surface area contributed by atoms with Crippen LogP contribution in [0.5, 0.6) is 11.5 Å². The van der Waals surface area contributed by atoms with E-state index in [0.29, 0.717) is 25.3 Å². The Morgan fingerprint density at radius 3 is 2.79 bits per heavy atom. The number of halogens is 2. The van der Waals surface area contributed by atoms with E-state index >= 15 is 0 Å². The van der Waals surface area contributed by atoms with Crippen LogP contribution in [0.1, 0.15) is 13.3 Å². The van der Waals surface area contributed by atoms with Crippen molar-refractivity contribution in [1.82, 2.24) is 10.3 Å². The Hall–Kier alpha value is -3.22. The third-order valence-electron chi connectivity index (χ3n) is 4.05. The Kier molecular flexibility index (Phi) is 6.37. The summed E-state index contributed by atoms with van der Waals surface area (Å²) < 4.78 is 37.2. The molecule has 3 aromatic rings. The molecule has 0 bridgehead atoms. The fourth-order valence-corrected chi connectivity index (χ4v) is 2.61. The Morgan fingerprint density at radius 2 is 1.96 bits per heavy atom. The molecule has 146 valence electrons. The van der Waals surface area contributed by atoms with Crippen molar-refractivity contribution >= 4 is 16.8 Å². The summed E-state index contributed by atoms with van der Waals surface area (Å²) in [7, 11) is 0. The number of carbonyl (C=O) groups is 1. The van der Waals surface area contributed by atoms with Crippen LogP contribution in [-0.4, -0.2) is 30.1 Å². The zero-order valence-electron chi connectivity index (χ0n) is 15.3. The van der Waals surface area contributed by atoms with Gasteiger partial charge in [0.15, 0.2) is 17.7 Å². The van der Waals surface area contributed by atoms with Crippen molar-refractivity contribution in [2.24, 2.45) is 0 Å². The van der Waals surface area contributed by atoms with Crippen LogP contribution in [0.3, 0.4) is 0 Å². The molecule has 0 aliphatic heterocycles. The van der Waals surface area contributed by atoms with E-state index in [1.54, 1.807) is 6.20 Å². The summed E-state index contributed by atoms with van der Waals surface area (Å²) in [5, 5.41) is 3.72. The van der Waals surface area contributed by atoms with Gasteiger partial charge in [0, 0.05) is 24.2 Å². The van der Waals surface area contributed by atoms with Crippen molar-refractivity contribution in [1.29, 1.82) is 0 Å². The van der Waals surface area contributed by atoms with E-state index in [1.165, 1.54) is 13.0 Å². The maximum atomic E-state index is 13.2. The standard InChI is InChI=1S/C21H20F2N2O3/c1-14(28-16-8-9-17(22)18(23)13-16)21(26)25-11-4-12-27-19-7-2-5-15-6-3-10-24-20(15)19/h2-3,5-10,13-14H,4,11-12H2,1H3,(H,25,26). The van der Waals surface area contributed by atoms with Crippen molar-refractivity contribution in [2.45, 2.75) is 19.4 Å². The predicted octanol–water partition coefficient (Wildman–Crippen LogP) is 3.87. The first-order valence-corrected chi connectivity index (χ1v) is 8.90. The molecule has 1 unspecified atom stereocenters. The number of rotatable bonds is 8. The van der Waals surface area contributed by atoms with Crippen LogP contribution in [0, 0.1) is 11.6 Å². The second-order valence-electron chi connectivity index (χ2n) is 6.16. The van der Waals surface area contributed by atoms with Crippen LogP contribution in [0.25, 0.3) is 10.9 Å². The lowest BCUT2D eigenvalue weighted by molar-refractivity contribution is -0.127. The highest BCUT2D eigenvalue weighted by Gasteiger charge is 2.15. The monoisotopic (exact) mass is 386 g/mol. The van der Waals surface area contributed by atoms with Gasteiger partial charge in [-0.2, -0.15) is 0 Å².